The van der Waals surface area contributed by atoms with E-state index in [0.29, 0.717) is 66.8 Å². The van der Waals surface area contributed by atoms with E-state index in [0.717, 1.165) is 0 Å². The number of rotatable bonds is 13. The second-order valence-corrected chi connectivity index (χ2v) is 12.1. The molecule has 10 nitrogen and oxygen atoms in total. The molecule has 0 unspecified atom stereocenters. The Kier molecular flexibility index (Phi) is 9.66. The van der Waals surface area contributed by atoms with E-state index in [9.17, 15) is 19.8 Å². The van der Waals surface area contributed by atoms with Gasteiger partial charge in [0.1, 0.15) is 11.5 Å². The summed E-state index contributed by atoms with van der Waals surface area (Å²) >= 11 is 0. The maximum Gasteiger partial charge on any atom is 0.500 e. The van der Waals surface area contributed by atoms with Gasteiger partial charge in [-0.15, -0.1) is 0 Å². The van der Waals surface area contributed by atoms with Crippen LogP contribution in [0.5, 0.6) is 11.5 Å². The van der Waals surface area contributed by atoms with Crippen molar-refractivity contribution in [2.24, 2.45) is 0 Å². The highest BCUT2D eigenvalue weighted by molar-refractivity contribution is 6.60. The Labute approximate surface area is 240 Å². The van der Waals surface area contributed by atoms with Gasteiger partial charge in [0.25, 0.3) is 0 Å². The van der Waals surface area contributed by atoms with Crippen molar-refractivity contribution in [3.05, 3.63) is 89.0 Å². The molecule has 0 bridgehead atoms. The van der Waals surface area contributed by atoms with E-state index in [1.165, 1.54) is 24.3 Å². The lowest BCUT2D eigenvalue weighted by Crippen LogP contribution is -2.46. The molecule has 11 heteroatoms. The molecule has 0 spiro atoms. The van der Waals surface area contributed by atoms with Crippen molar-refractivity contribution in [3.8, 4) is 11.5 Å². The first-order valence-corrected chi connectivity index (χ1v) is 15.6. The molecule has 0 atom stereocenters. The highest BCUT2D eigenvalue weighted by Gasteiger charge is 2.48. The number of fused-ring (bicyclic) bond motifs is 1. The predicted octanol–water partition coefficient (Wildman–Crippen LogP) is 5.12. The minimum atomic E-state index is -2.80. The van der Waals surface area contributed by atoms with Crippen LogP contribution in [0, 0.1) is 0 Å². The number of phenols is 2. The Morgan fingerprint density at radius 1 is 0.854 bits per heavy atom. The number of cyclic esters (lactones) is 1. The maximum absolute atomic E-state index is 13.0. The highest BCUT2D eigenvalue weighted by Crippen LogP contribution is 2.48. The molecule has 2 amide bonds. The minimum Gasteiger partial charge on any atom is -0.508 e. The van der Waals surface area contributed by atoms with Gasteiger partial charge < -0.3 is 38.9 Å². The first kappa shape index (κ1) is 30.1. The van der Waals surface area contributed by atoms with Crippen molar-refractivity contribution in [2.75, 3.05) is 31.7 Å². The van der Waals surface area contributed by atoms with E-state index in [1.807, 2.05) is 20.8 Å². The summed E-state index contributed by atoms with van der Waals surface area (Å²) in [4.78, 5) is 25.8. The normalized spacial score (nSPS) is 13.9. The third-order valence-corrected chi connectivity index (χ3v) is 9.86. The summed E-state index contributed by atoms with van der Waals surface area (Å²) in [7, 11) is -2.80. The molecule has 0 saturated carbocycles. The molecule has 41 heavy (non-hydrogen) atoms. The van der Waals surface area contributed by atoms with E-state index < -0.39 is 26.4 Å². The molecule has 1 aliphatic rings. The molecule has 0 fully saturated rings. The zero-order valence-corrected chi connectivity index (χ0v) is 24.4. The third kappa shape index (κ3) is 6.54. The van der Waals surface area contributed by atoms with Crippen LogP contribution in [-0.4, -0.2) is 57.4 Å². The van der Waals surface area contributed by atoms with Gasteiger partial charge in [0.15, 0.2) is 5.60 Å². The number of nitrogens with one attached hydrogen (secondary N) is 2. The van der Waals surface area contributed by atoms with Crippen molar-refractivity contribution in [1.82, 2.24) is 5.32 Å². The van der Waals surface area contributed by atoms with Crippen LogP contribution in [0.25, 0.3) is 0 Å². The highest BCUT2D eigenvalue weighted by atomic mass is 28.4. The smallest absolute Gasteiger partial charge is 0.500 e. The first-order chi connectivity index (χ1) is 19.8. The van der Waals surface area contributed by atoms with Crippen molar-refractivity contribution in [1.29, 1.82) is 0 Å². The lowest BCUT2D eigenvalue weighted by Gasteiger charge is -2.30. The number of hydrogen-bond donors (Lipinski definition) is 4. The van der Waals surface area contributed by atoms with E-state index in [-0.39, 0.29) is 11.5 Å². The van der Waals surface area contributed by atoms with E-state index in [2.05, 4.69) is 10.6 Å². The number of benzene rings is 3. The largest absolute Gasteiger partial charge is 0.508 e. The van der Waals surface area contributed by atoms with Crippen LogP contribution in [0.15, 0.2) is 66.7 Å². The Bertz CT molecular complexity index is 1290. The van der Waals surface area contributed by atoms with Crippen LogP contribution < -0.4 is 10.6 Å². The van der Waals surface area contributed by atoms with Gasteiger partial charge in [-0.1, -0.05) is 24.3 Å². The maximum atomic E-state index is 13.0. The van der Waals surface area contributed by atoms with Gasteiger partial charge in [-0.25, -0.2) is 9.59 Å². The van der Waals surface area contributed by atoms with Crippen LogP contribution in [0.2, 0.25) is 6.04 Å². The van der Waals surface area contributed by atoms with E-state index in [4.69, 9.17) is 18.0 Å². The fourth-order valence-corrected chi connectivity index (χ4v) is 7.62. The zero-order valence-electron chi connectivity index (χ0n) is 23.4. The molecule has 3 aromatic rings. The van der Waals surface area contributed by atoms with Crippen LogP contribution in [0.3, 0.4) is 0 Å². The average Bonchev–Trinajstić information content (AvgIpc) is 3.24. The molecular formula is C30H36N2O8Si. The Hall–Kier alpha value is -3.90. The summed E-state index contributed by atoms with van der Waals surface area (Å²) in [6.07, 6.45) is 0.608. The SMILES string of the molecule is CCO[Si](CCCNC(=O)Nc1ccc2c(c1)C(c1ccc(O)cc1)(c1ccc(O)cc1)OC2=O)(OCC)OCC. The predicted molar refractivity (Wildman–Crippen MR) is 155 cm³/mol. The van der Waals surface area contributed by atoms with E-state index >= 15 is 0 Å². The molecular weight excluding hydrogens is 544 g/mol. The van der Waals surface area contributed by atoms with Crippen molar-refractivity contribution in [2.45, 2.75) is 38.8 Å². The fourth-order valence-electron chi connectivity index (χ4n) is 5.01. The number of urea groups is 1. The monoisotopic (exact) mass is 580 g/mol. The van der Waals surface area contributed by atoms with Gasteiger partial charge in [-0.3, -0.25) is 0 Å². The molecule has 0 aliphatic carbocycles. The molecule has 0 saturated heterocycles. The number of carbonyl (C=O) groups excluding carboxylic acids is 2. The van der Waals surface area contributed by atoms with Gasteiger partial charge in [-0.05, 0) is 69.7 Å². The van der Waals surface area contributed by atoms with Crippen molar-refractivity contribution < 1.29 is 37.8 Å². The number of phenolic OH excluding ortho intramolecular Hbond substituents is 2. The summed E-state index contributed by atoms with van der Waals surface area (Å²) in [6, 6.07) is 17.9. The first-order valence-electron chi connectivity index (χ1n) is 13.7. The van der Waals surface area contributed by atoms with Crippen LogP contribution >= 0.6 is 0 Å². The number of ether oxygens (including phenoxy) is 1. The lowest BCUT2D eigenvalue weighted by atomic mass is 9.79. The third-order valence-electron chi connectivity index (χ3n) is 6.71. The summed E-state index contributed by atoms with van der Waals surface area (Å²) in [5.41, 5.74) is 1.18. The topological polar surface area (TPSA) is 136 Å². The second kappa shape index (κ2) is 13.2. The average molecular weight is 581 g/mol. The second-order valence-electron chi connectivity index (χ2n) is 9.39. The molecule has 4 rings (SSSR count). The molecule has 1 aliphatic heterocycles. The summed E-state index contributed by atoms with van der Waals surface area (Å²) in [5.74, 6) is -0.396. The summed E-state index contributed by atoms with van der Waals surface area (Å²) in [6.45, 7) is 7.54. The van der Waals surface area contributed by atoms with Crippen molar-refractivity contribution in [3.63, 3.8) is 0 Å². The van der Waals surface area contributed by atoms with Gasteiger partial charge in [0.05, 0.1) is 5.56 Å². The van der Waals surface area contributed by atoms with Crippen molar-refractivity contribution >= 4 is 26.5 Å². The molecule has 1 heterocycles. The number of anilines is 1. The summed E-state index contributed by atoms with van der Waals surface area (Å²) < 4.78 is 23.6. The fraction of sp³-hybridized carbons (Fsp3) is 0.333. The van der Waals surface area contributed by atoms with Gasteiger partial charge in [0, 0.05) is 54.8 Å². The number of carbonyl (C=O) groups is 2. The molecule has 0 radical (unpaired) electrons. The minimum absolute atomic E-state index is 0.0647. The Balaban J connectivity index is 1.54. The number of hydrogen-bond acceptors (Lipinski definition) is 8. The molecule has 218 valence electrons. The molecule has 3 aromatic carbocycles. The van der Waals surface area contributed by atoms with Gasteiger partial charge >= 0.3 is 20.8 Å². The number of amides is 2. The van der Waals surface area contributed by atoms with Crippen LogP contribution in [-0.2, 0) is 23.6 Å². The standard InChI is InChI=1S/C30H36N2O8Si/c1-4-37-41(38-5-2,39-6-3)19-7-18-31-29(36)32-23-12-17-26-27(20-23)30(40-28(26)35,21-8-13-24(33)14-9-21)22-10-15-25(34)16-11-22/h8-17,20,33-34H,4-7,18-19H2,1-3H3,(H2,31,32,36). The molecule has 0 aromatic heterocycles. The molecule has 4 N–H and O–H groups in total. The lowest BCUT2D eigenvalue weighted by molar-refractivity contribution is 0.0251. The zero-order chi connectivity index (χ0) is 29.5. The number of esters is 1. The van der Waals surface area contributed by atoms with Crippen LogP contribution in [0.4, 0.5) is 10.5 Å². The van der Waals surface area contributed by atoms with Gasteiger partial charge in [0.2, 0.25) is 0 Å². The van der Waals surface area contributed by atoms with Crippen LogP contribution in [0.1, 0.15) is 54.2 Å². The summed E-state index contributed by atoms with van der Waals surface area (Å²) in [5, 5.41) is 25.5. The number of aromatic hydroxyl groups is 2. The quantitative estimate of drug-likeness (QED) is 0.124. The van der Waals surface area contributed by atoms with E-state index in [1.54, 1.807) is 42.5 Å². The van der Waals surface area contributed by atoms with Gasteiger partial charge in [-0.2, -0.15) is 0 Å². The Morgan fingerprint density at radius 3 is 1.90 bits per heavy atom. The Morgan fingerprint density at radius 2 is 1.39 bits per heavy atom.